The summed E-state index contributed by atoms with van der Waals surface area (Å²) in [6.45, 7) is -0.0355. The molecule has 0 fully saturated rings. The first-order valence-corrected chi connectivity index (χ1v) is 10.8. The monoisotopic (exact) mass is 466 g/mol. The summed E-state index contributed by atoms with van der Waals surface area (Å²) in [6, 6.07) is 17.1. The molecule has 0 spiro atoms. The summed E-state index contributed by atoms with van der Waals surface area (Å²) in [6.07, 6.45) is 3.83. The molecule has 1 aromatic heterocycles. The fraction of sp³-hybridized carbons (Fsp3) is 0.261. The van der Waals surface area contributed by atoms with Crippen molar-refractivity contribution in [2.24, 2.45) is 0 Å². The van der Waals surface area contributed by atoms with Gasteiger partial charge in [0.1, 0.15) is 0 Å². The Kier molecular flexibility index (Phi) is 5.99. The van der Waals surface area contributed by atoms with Gasteiger partial charge in [-0.25, -0.2) is 4.68 Å². The Balaban J connectivity index is 1.57. The lowest BCUT2D eigenvalue weighted by Crippen LogP contribution is -2.35. The number of fused-ring (bicyclic) bond motifs is 1. The highest BCUT2D eigenvalue weighted by Gasteiger charge is 2.28. The van der Waals surface area contributed by atoms with Gasteiger partial charge in [0.25, 0.3) is 5.91 Å². The summed E-state index contributed by atoms with van der Waals surface area (Å²) in [5.74, 6) is -0.470. The molecule has 0 aliphatic heterocycles. The van der Waals surface area contributed by atoms with E-state index in [1.54, 1.807) is 7.05 Å². The normalized spacial score (nSPS) is 12.9. The number of likely N-dealkylation sites (N-methyl/N-ethyl adjacent to an activating group) is 1. The average Bonchev–Trinajstić information content (AvgIpc) is 3.13. The maximum atomic E-state index is 13.2. The first-order chi connectivity index (χ1) is 14.5. The number of para-hydroxylation sites is 1. The predicted molar refractivity (Wildman–Crippen MR) is 120 cm³/mol. The predicted octanol–water partition coefficient (Wildman–Crippen LogP) is 4.22. The summed E-state index contributed by atoms with van der Waals surface area (Å²) < 4.78 is 2.84. The second-order valence-corrected chi connectivity index (χ2v) is 8.36. The van der Waals surface area contributed by atoms with E-state index in [9.17, 15) is 9.59 Å². The third-order valence-electron chi connectivity index (χ3n) is 5.22. The third-order valence-corrected chi connectivity index (χ3v) is 5.71. The highest BCUT2D eigenvalue weighted by atomic mass is 79.9. The van der Waals surface area contributed by atoms with Crippen molar-refractivity contribution in [3.63, 3.8) is 0 Å². The van der Waals surface area contributed by atoms with Crippen molar-refractivity contribution >= 4 is 33.4 Å². The van der Waals surface area contributed by atoms with Crippen molar-refractivity contribution in [1.82, 2.24) is 14.7 Å². The average molecular weight is 467 g/mol. The van der Waals surface area contributed by atoms with Crippen LogP contribution < -0.4 is 5.32 Å². The van der Waals surface area contributed by atoms with Crippen molar-refractivity contribution in [3.8, 4) is 5.69 Å². The Morgan fingerprint density at radius 1 is 1.10 bits per heavy atom. The zero-order chi connectivity index (χ0) is 21.1. The molecule has 0 saturated carbocycles. The Labute approximate surface area is 184 Å². The van der Waals surface area contributed by atoms with Gasteiger partial charge in [0.15, 0.2) is 5.69 Å². The second kappa shape index (κ2) is 8.83. The topological polar surface area (TPSA) is 67.2 Å². The molecule has 1 aliphatic carbocycles. The van der Waals surface area contributed by atoms with E-state index in [0.29, 0.717) is 11.4 Å². The number of hydrogen-bond acceptors (Lipinski definition) is 3. The smallest absolute Gasteiger partial charge is 0.274 e. The van der Waals surface area contributed by atoms with E-state index in [-0.39, 0.29) is 18.4 Å². The molecule has 3 aromatic rings. The van der Waals surface area contributed by atoms with Crippen molar-refractivity contribution in [1.29, 1.82) is 0 Å². The van der Waals surface area contributed by atoms with Gasteiger partial charge in [0, 0.05) is 28.5 Å². The van der Waals surface area contributed by atoms with Crippen LogP contribution in [-0.2, 0) is 17.6 Å². The van der Waals surface area contributed by atoms with E-state index in [0.717, 1.165) is 47.1 Å². The number of carbonyl (C=O) groups is 2. The number of carbonyl (C=O) groups excluding carboxylic acids is 2. The third kappa shape index (κ3) is 4.31. The van der Waals surface area contributed by atoms with Crippen LogP contribution in [0.4, 0.5) is 5.69 Å². The molecular weight excluding hydrogens is 444 g/mol. The number of aromatic nitrogens is 2. The molecule has 2 aromatic carbocycles. The standard InChI is InChI=1S/C23H23BrN4O2/c1-27(15-21(29)25-17-9-3-2-4-10-17)23(30)22-19-12-5-6-13-20(19)28(26-22)18-11-7-8-16(24)14-18/h2-4,7-11,14H,5-6,12-13,15H2,1H3,(H,25,29). The second-order valence-electron chi connectivity index (χ2n) is 7.45. The lowest BCUT2D eigenvalue weighted by molar-refractivity contribution is -0.116. The SMILES string of the molecule is CN(CC(=O)Nc1ccccc1)C(=O)c1nn(-c2cccc(Br)c2)c2c1CCCC2. The summed E-state index contributed by atoms with van der Waals surface area (Å²) >= 11 is 3.51. The Morgan fingerprint density at radius 2 is 1.87 bits per heavy atom. The van der Waals surface area contributed by atoms with Crippen molar-refractivity contribution in [3.05, 3.63) is 76.0 Å². The molecule has 1 N–H and O–H groups in total. The number of anilines is 1. The molecule has 4 rings (SSSR count). The van der Waals surface area contributed by atoms with E-state index < -0.39 is 0 Å². The molecule has 1 aliphatic rings. The molecule has 0 unspecified atom stereocenters. The molecule has 0 radical (unpaired) electrons. The highest BCUT2D eigenvalue weighted by molar-refractivity contribution is 9.10. The quantitative estimate of drug-likeness (QED) is 0.611. The van der Waals surface area contributed by atoms with Crippen molar-refractivity contribution in [2.45, 2.75) is 25.7 Å². The van der Waals surface area contributed by atoms with Crippen LogP contribution in [0.2, 0.25) is 0 Å². The maximum absolute atomic E-state index is 13.2. The van der Waals surface area contributed by atoms with Crippen LogP contribution in [0.1, 0.15) is 34.6 Å². The van der Waals surface area contributed by atoms with Gasteiger partial charge in [0.05, 0.1) is 12.2 Å². The molecular formula is C23H23BrN4O2. The highest BCUT2D eigenvalue weighted by Crippen LogP contribution is 2.28. The van der Waals surface area contributed by atoms with Gasteiger partial charge < -0.3 is 10.2 Å². The van der Waals surface area contributed by atoms with E-state index in [1.807, 2.05) is 59.3 Å². The van der Waals surface area contributed by atoms with Gasteiger partial charge in [-0.05, 0) is 56.0 Å². The molecule has 7 heteroatoms. The minimum atomic E-state index is -0.239. The van der Waals surface area contributed by atoms with Crippen LogP contribution in [0.15, 0.2) is 59.1 Å². The van der Waals surface area contributed by atoms with Crippen molar-refractivity contribution in [2.75, 3.05) is 18.9 Å². The Morgan fingerprint density at radius 3 is 2.63 bits per heavy atom. The van der Waals surface area contributed by atoms with Crippen LogP contribution in [0.3, 0.4) is 0 Å². The van der Waals surface area contributed by atoms with Gasteiger partial charge in [-0.2, -0.15) is 5.10 Å². The zero-order valence-electron chi connectivity index (χ0n) is 16.8. The number of nitrogens with zero attached hydrogens (tertiary/aromatic N) is 3. The number of hydrogen-bond donors (Lipinski definition) is 1. The van der Waals surface area contributed by atoms with E-state index in [4.69, 9.17) is 0 Å². The molecule has 2 amide bonds. The Hall–Kier alpha value is -2.93. The molecule has 30 heavy (non-hydrogen) atoms. The lowest BCUT2D eigenvalue weighted by Gasteiger charge is -2.17. The van der Waals surface area contributed by atoms with E-state index >= 15 is 0 Å². The van der Waals surface area contributed by atoms with E-state index in [1.165, 1.54) is 4.90 Å². The van der Waals surface area contributed by atoms with Gasteiger partial charge >= 0.3 is 0 Å². The molecule has 1 heterocycles. The van der Waals surface area contributed by atoms with Crippen LogP contribution in [-0.4, -0.2) is 40.1 Å². The zero-order valence-corrected chi connectivity index (χ0v) is 18.4. The molecule has 6 nitrogen and oxygen atoms in total. The number of nitrogens with one attached hydrogen (secondary N) is 1. The minimum Gasteiger partial charge on any atom is -0.331 e. The fourth-order valence-electron chi connectivity index (χ4n) is 3.78. The van der Waals surface area contributed by atoms with Crippen molar-refractivity contribution < 1.29 is 9.59 Å². The first-order valence-electron chi connectivity index (χ1n) is 10.00. The summed E-state index contributed by atoms with van der Waals surface area (Å²) in [4.78, 5) is 27.0. The van der Waals surface area contributed by atoms with Crippen LogP contribution >= 0.6 is 15.9 Å². The minimum absolute atomic E-state index is 0.0355. The molecule has 154 valence electrons. The first kappa shape index (κ1) is 20.3. The largest absolute Gasteiger partial charge is 0.331 e. The summed E-state index contributed by atoms with van der Waals surface area (Å²) in [7, 11) is 1.64. The van der Waals surface area contributed by atoms with Gasteiger partial charge in [-0.15, -0.1) is 0 Å². The number of benzene rings is 2. The van der Waals surface area contributed by atoms with Crippen LogP contribution in [0, 0.1) is 0 Å². The molecule has 0 bridgehead atoms. The number of rotatable bonds is 5. The maximum Gasteiger partial charge on any atom is 0.274 e. The number of halogens is 1. The lowest BCUT2D eigenvalue weighted by atomic mass is 9.95. The van der Waals surface area contributed by atoms with Crippen LogP contribution in [0.5, 0.6) is 0 Å². The van der Waals surface area contributed by atoms with Gasteiger partial charge in [0.2, 0.25) is 5.91 Å². The van der Waals surface area contributed by atoms with Crippen LogP contribution in [0.25, 0.3) is 5.69 Å². The number of amides is 2. The Bertz CT molecular complexity index is 1080. The fourth-order valence-corrected chi connectivity index (χ4v) is 4.17. The summed E-state index contributed by atoms with van der Waals surface area (Å²) in [5, 5.41) is 7.50. The summed E-state index contributed by atoms with van der Waals surface area (Å²) in [5.41, 5.74) is 4.16. The van der Waals surface area contributed by atoms with Gasteiger partial charge in [-0.1, -0.05) is 40.2 Å². The van der Waals surface area contributed by atoms with E-state index in [2.05, 4.69) is 26.3 Å². The molecule has 0 atom stereocenters. The molecule has 0 saturated heterocycles. The van der Waals surface area contributed by atoms with Gasteiger partial charge in [-0.3, -0.25) is 9.59 Å².